The molecule has 0 unspecified atom stereocenters. The minimum absolute atomic E-state index is 0.190. The smallest absolute Gasteiger partial charge is 0.280 e. The molecule has 1 heterocycles. The second-order valence-electron chi connectivity index (χ2n) is 4.53. The summed E-state index contributed by atoms with van der Waals surface area (Å²) in [5.74, 6) is 0. The number of hydrogen-bond donors (Lipinski definition) is 2. The molecule has 1 aliphatic carbocycles. The normalized spacial score (nSPS) is 17.1. The first-order valence-corrected chi connectivity index (χ1v) is 6.43. The van der Waals surface area contributed by atoms with E-state index >= 15 is 0 Å². The van der Waals surface area contributed by atoms with Gasteiger partial charge in [-0.05, 0) is 40.6 Å². The number of rotatable bonds is 5. The highest BCUT2D eigenvalue weighted by atomic mass is 79.9. The highest BCUT2D eigenvalue weighted by Crippen LogP contribution is 2.49. The Labute approximate surface area is 103 Å². The Balaban J connectivity index is 2.00. The van der Waals surface area contributed by atoms with Crippen LogP contribution in [0, 0.1) is 5.41 Å². The molecule has 0 bridgehead atoms. The largest absolute Gasteiger partial charge is 0.382 e. The molecule has 1 aliphatic rings. The van der Waals surface area contributed by atoms with Gasteiger partial charge in [0.1, 0.15) is 4.47 Å². The molecular formula is C11H16BrN3O. The molecule has 88 valence electrons. The van der Waals surface area contributed by atoms with Crippen molar-refractivity contribution in [1.29, 1.82) is 0 Å². The molecule has 0 saturated heterocycles. The third-order valence-corrected chi connectivity index (χ3v) is 3.97. The van der Waals surface area contributed by atoms with Crippen LogP contribution < -0.4 is 10.9 Å². The SMILES string of the molecule is CCCC1(CNc2cn[nH]c(=O)c2Br)CC1. The number of anilines is 1. The van der Waals surface area contributed by atoms with Crippen LogP contribution in [0.5, 0.6) is 0 Å². The summed E-state index contributed by atoms with van der Waals surface area (Å²) >= 11 is 3.26. The fraction of sp³-hybridized carbons (Fsp3) is 0.636. The Kier molecular flexibility index (Phi) is 3.33. The Hall–Kier alpha value is -0.840. The molecule has 16 heavy (non-hydrogen) atoms. The van der Waals surface area contributed by atoms with Crippen molar-refractivity contribution < 1.29 is 0 Å². The molecule has 1 saturated carbocycles. The first-order chi connectivity index (χ1) is 7.67. The van der Waals surface area contributed by atoms with Crippen LogP contribution in [0.1, 0.15) is 32.6 Å². The van der Waals surface area contributed by atoms with E-state index in [0.29, 0.717) is 9.89 Å². The molecule has 1 aromatic rings. The predicted molar refractivity (Wildman–Crippen MR) is 67.6 cm³/mol. The van der Waals surface area contributed by atoms with Crippen molar-refractivity contribution in [2.24, 2.45) is 5.41 Å². The lowest BCUT2D eigenvalue weighted by molar-refractivity contribution is 0.485. The van der Waals surface area contributed by atoms with E-state index in [4.69, 9.17) is 0 Å². The van der Waals surface area contributed by atoms with Crippen LogP contribution in [0.3, 0.4) is 0 Å². The fourth-order valence-electron chi connectivity index (χ4n) is 2.01. The van der Waals surface area contributed by atoms with E-state index in [1.54, 1.807) is 6.20 Å². The molecule has 5 heteroatoms. The molecule has 0 atom stereocenters. The summed E-state index contributed by atoms with van der Waals surface area (Å²) in [4.78, 5) is 11.3. The van der Waals surface area contributed by atoms with E-state index in [-0.39, 0.29) is 5.56 Å². The van der Waals surface area contributed by atoms with Crippen molar-refractivity contribution in [1.82, 2.24) is 10.2 Å². The van der Waals surface area contributed by atoms with Crippen molar-refractivity contribution in [3.8, 4) is 0 Å². The van der Waals surface area contributed by atoms with Crippen LogP contribution in [-0.2, 0) is 0 Å². The van der Waals surface area contributed by atoms with Gasteiger partial charge in [-0.1, -0.05) is 13.3 Å². The molecule has 0 amide bonds. The van der Waals surface area contributed by atoms with Crippen molar-refractivity contribution in [2.75, 3.05) is 11.9 Å². The third kappa shape index (κ3) is 2.45. The zero-order valence-electron chi connectivity index (χ0n) is 9.35. The predicted octanol–water partition coefficient (Wildman–Crippen LogP) is 2.52. The van der Waals surface area contributed by atoms with Crippen molar-refractivity contribution >= 4 is 21.6 Å². The van der Waals surface area contributed by atoms with Crippen LogP contribution in [0.2, 0.25) is 0 Å². The van der Waals surface area contributed by atoms with Gasteiger partial charge in [0.2, 0.25) is 0 Å². The zero-order valence-corrected chi connectivity index (χ0v) is 10.9. The maximum atomic E-state index is 11.3. The van der Waals surface area contributed by atoms with Gasteiger partial charge in [-0.2, -0.15) is 5.10 Å². The molecule has 1 fully saturated rings. The molecular weight excluding hydrogens is 270 g/mol. The highest BCUT2D eigenvalue weighted by molar-refractivity contribution is 9.10. The number of nitrogens with one attached hydrogen (secondary N) is 2. The summed E-state index contributed by atoms with van der Waals surface area (Å²) in [6.45, 7) is 3.15. The number of aromatic nitrogens is 2. The highest BCUT2D eigenvalue weighted by Gasteiger charge is 2.41. The molecule has 2 N–H and O–H groups in total. The average molecular weight is 286 g/mol. The summed E-state index contributed by atoms with van der Waals surface area (Å²) in [5.41, 5.74) is 1.06. The standard InChI is InChI=1S/C11H16BrN3O/c1-2-3-11(4-5-11)7-13-8-6-14-15-10(16)9(8)12/h6H,2-5,7H2,1H3,(H2,13,15,16). The Bertz CT molecular complexity index is 425. The van der Waals surface area contributed by atoms with Crippen LogP contribution in [-0.4, -0.2) is 16.7 Å². The Morgan fingerprint density at radius 2 is 2.38 bits per heavy atom. The Morgan fingerprint density at radius 3 is 3.00 bits per heavy atom. The van der Waals surface area contributed by atoms with E-state index in [1.165, 1.54) is 25.7 Å². The van der Waals surface area contributed by atoms with Crippen molar-refractivity contribution in [3.63, 3.8) is 0 Å². The fourth-order valence-corrected chi connectivity index (χ4v) is 2.34. The second kappa shape index (κ2) is 4.57. The van der Waals surface area contributed by atoms with Crippen LogP contribution >= 0.6 is 15.9 Å². The van der Waals surface area contributed by atoms with E-state index in [0.717, 1.165) is 12.2 Å². The van der Waals surface area contributed by atoms with Crippen LogP contribution in [0.15, 0.2) is 15.5 Å². The summed E-state index contributed by atoms with van der Waals surface area (Å²) < 4.78 is 0.537. The Morgan fingerprint density at radius 1 is 1.62 bits per heavy atom. The minimum Gasteiger partial charge on any atom is -0.382 e. The van der Waals surface area contributed by atoms with Gasteiger partial charge in [-0.25, -0.2) is 5.10 Å². The molecule has 4 nitrogen and oxygen atoms in total. The summed E-state index contributed by atoms with van der Waals surface area (Å²) in [6.07, 6.45) is 6.71. The van der Waals surface area contributed by atoms with Crippen LogP contribution in [0.4, 0.5) is 5.69 Å². The van der Waals surface area contributed by atoms with E-state index in [2.05, 4.69) is 38.4 Å². The zero-order chi connectivity index (χ0) is 11.6. The van der Waals surface area contributed by atoms with Gasteiger partial charge < -0.3 is 5.32 Å². The lowest BCUT2D eigenvalue weighted by Crippen LogP contribution is -2.18. The minimum atomic E-state index is -0.190. The van der Waals surface area contributed by atoms with Gasteiger partial charge in [0.05, 0.1) is 11.9 Å². The topological polar surface area (TPSA) is 57.8 Å². The maximum absolute atomic E-state index is 11.3. The van der Waals surface area contributed by atoms with E-state index in [1.807, 2.05) is 0 Å². The molecule has 0 aromatic carbocycles. The molecule has 0 aliphatic heterocycles. The van der Waals surface area contributed by atoms with E-state index < -0.39 is 0 Å². The maximum Gasteiger partial charge on any atom is 0.280 e. The van der Waals surface area contributed by atoms with Gasteiger partial charge in [-0.15, -0.1) is 0 Å². The number of halogens is 1. The number of hydrogen-bond acceptors (Lipinski definition) is 3. The lowest BCUT2D eigenvalue weighted by Gasteiger charge is -2.15. The van der Waals surface area contributed by atoms with Gasteiger partial charge >= 0.3 is 0 Å². The first kappa shape index (κ1) is 11.6. The second-order valence-corrected chi connectivity index (χ2v) is 5.32. The number of H-pyrrole nitrogens is 1. The number of nitrogens with zero attached hydrogens (tertiary/aromatic N) is 1. The molecule has 0 spiro atoms. The van der Waals surface area contributed by atoms with Gasteiger partial charge in [0.25, 0.3) is 5.56 Å². The molecule has 2 rings (SSSR count). The van der Waals surface area contributed by atoms with Gasteiger partial charge in [0.15, 0.2) is 0 Å². The monoisotopic (exact) mass is 285 g/mol. The lowest BCUT2D eigenvalue weighted by atomic mass is 10.0. The number of aromatic amines is 1. The van der Waals surface area contributed by atoms with Crippen molar-refractivity contribution in [3.05, 3.63) is 21.0 Å². The van der Waals surface area contributed by atoms with Gasteiger partial charge in [-0.3, -0.25) is 4.79 Å². The van der Waals surface area contributed by atoms with Gasteiger partial charge in [0, 0.05) is 6.54 Å². The van der Waals surface area contributed by atoms with E-state index in [9.17, 15) is 4.79 Å². The summed E-state index contributed by atoms with van der Waals surface area (Å²) in [7, 11) is 0. The molecule has 1 aromatic heterocycles. The first-order valence-electron chi connectivity index (χ1n) is 5.64. The summed E-state index contributed by atoms with van der Waals surface area (Å²) in [6, 6.07) is 0. The van der Waals surface area contributed by atoms with Crippen molar-refractivity contribution in [2.45, 2.75) is 32.6 Å². The quantitative estimate of drug-likeness (QED) is 0.874. The average Bonchev–Trinajstić information content (AvgIpc) is 3.02. The summed E-state index contributed by atoms with van der Waals surface area (Å²) in [5, 5.41) is 9.48. The third-order valence-electron chi connectivity index (χ3n) is 3.19. The molecule has 0 radical (unpaired) electrons. The van der Waals surface area contributed by atoms with Crippen LogP contribution in [0.25, 0.3) is 0 Å².